The molecule has 0 aliphatic heterocycles. The van der Waals surface area contributed by atoms with Crippen molar-refractivity contribution in [1.82, 2.24) is 15.3 Å². The van der Waals surface area contributed by atoms with Crippen LogP contribution in [-0.2, 0) is 5.41 Å². The van der Waals surface area contributed by atoms with Gasteiger partial charge >= 0.3 is 0 Å². The maximum atomic E-state index is 4.52. The average molecular weight is 247 g/mol. The highest BCUT2D eigenvalue weighted by atomic mass is 14.9. The van der Waals surface area contributed by atoms with E-state index in [2.05, 4.69) is 43.1 Å². The van der Waals surface area contributed by atoms with Gasteiger partial charge in [0.05, 0.1) is 5.69 Å². The summed E-state index contributed by atoms with van der Waals surface area (Å²) in [5.74, 6) is 1.46. The maximum Gasteiger partial charge on any atom is 0.0646 e. The largest absolute Gasteiger partial charge is 0.317 e. The van der Waals surface area contributed by atoms with Crippen LogP contribution in [0.1, 0.15) is 45.7 Å². The van der Waals surface area contributed by atoms with E-state index < -0.39 is 0 Å². The van der Waals surface area contributed by atoms with Gasteiger partial charge in [0, 0.05) is 30.0 Å². The Balaban J connectivity index is 2.23. The first-order valence-corrected chi connectivity index (χ1v) is 6.99. The van der Waals surface area contributed by atoms with Crippen LogP contribution in [0.2, 0.25) is 0 Å². The first kappa shape index (κ1) is 13.5. The third kappa shape index (κ3) is 2.56. The molecule has 3 heteroatoms. The number of nitrogens with one attached hydrogen (secondary N) is 1. The third-order valence-corrected chi connectivity index (χ3v) is 4.63. The van der Waals surface area contributed by atoms with E-state index in [1.807, 2.05) is 6.20 Å². The van der Waals surface area contributed by atoms with Crippen molar-refractivity contribution in [3.63, 3.8) is 0 Å². The predicted octanol–water partition coefficient (Wildman–Crippen LogP) is 2.78. The van der Waals surface area contributed by atoms with Crippen molar-refractivity contribution in [2.24, 2.45) is 11.8 Å². The first-order valence-electron chi connectivity index (χ1n) is 6.99. The van der Waals surface area contributed by atoms with E-state index in [0.29, 0.717) is 12.0 Å². The molecule has 0 amide bonds. The summed E-state index contributed by atoms with van der Waals surface area (Å²) < 4.78 is 0. The van der Waals surface area contributed by atoms with Crippen molar-refractivity contribution in [3.8, 4) is 0 Å². The fourth-order valence-corrected chi connectivity index (χ4v) is 3.39. The summed E-state index contributed by atoms with van der Waals surface area (Å²) in [6, 6.07) is 0.589. The zero-order valence-electron chi connectivity index (χ0n) is 12.0. The van der Waals surface area contributed by atoms with Gasteiger partial charge in [0.15, 0.2) is 0 Å². The molecule has 1 fully saturated rings. The molecule has 2 rings (SSSR count). The highest BCUT2D eigenvalue weighted by molar-refractivity contribution is 5.14. The summed E-state index contributed by atoms with van der Waals surface area (Å²) in [4.78, 5) is 8.75. The first-order chi connectivity index (χ1) is 8.55. The molecule has 18 heavy (non-hydrogen) atoms. The molecule has 0 spiro atoms. The van der Waals surface area contributed by atoms with Crippen LogP contribution < -0.4 is 5.32 Å². The Hall–Kier alpha value is -0.960. The van der Waals surface area contributed by atoms with Gasteiger partial charge in [0.2, 0.25) is 0 Å². The monoisotopic (exact) mass is 247 g/mol. The third-order valence-electron chi connectivity index (χ3n) is 4.63. The molecule has 1 aliphatic rings. The van der Waals surface area contributed by atoms with Crippen LogP contribution in [0.5, 0.6) is 0 Å². The van der Waals surface area contributed by atoms with Crippen molar-refractivity contribution >= 4 is 0 Å². The number of nitrogens with zero attached hydrogens (tertiary/aromatic N) is 2. The number of hydrogen-bond donors (Lipinski definition) is 1. The van der Waals surface area contributed by atoms with E-state index >= 15 is 0 Å². The zero-order chi connectivity index (χ0) is 13.2. The van der Waals surface area contributed by atoms with E-state index in [0.717, 1.165) is 11.6 Å². The molecule has 0 radical (unpaired) electrons. The van der Waals surface area contributed by atoms with Crippen molar-refractivity contribution in [1.29, 1.82) is 0 Å². The Morgan fingerprint density at radius 1 is 1.28 bits per heavy atom. The SMILES string of the molecule is CNC1CC(C)CCC1C(C)(C)c1cnccn1. The van der Waals surface area contributed by atoms with Gasteiger partial charge in [-0.25, -0.2) is 0 Å². The molecule has 1 saturated carbocycles. The number of hydrogen-bond acceptors (Lipinski definition) is 3. The second-order valence-electron chi connectivity index (χ2n) is 6.23. The predicted molar refractivity (Wildman–Crippen MR) is 74.4 cm³/mol. The molecule has 3 nitrogen and oxygen atoms in total. The van der Waals surface area contributed by atoms with E-state index in [4.69, 9.17) is 0 Å². The lowest BCUT2D eigenvalue weighted by atomic mass is 9.65. The number of rotatable bonds is 3. The van der Waals surface area contributed by atoms with Crippen LogP contribution in [0.15, 0.2) is 18.6 Å². The molecule has 0 aromatic carbocycles. The molecule has 1 N–H and O–H groups in total. The Morgan fingerprint density at radius 2 is 2.06 bits per heavy atom. The number of aromatic nitrogens is 2. The molecule has 1 aromatic rings. The minimum Gasteiger partial charge on any atom is -0.317 e. The standard InChI is InChI=1S/C15H25N3/c1-11-5-6-12(13(9-11)16-4)15(2,3)14-10-17-7-8-18-14/h7-8,10-13,16H,5-6,9H2,1-4H3. The smallest absolute Gasteiger partial charge is 0.0646 e. The second-order valence-corrected chi connectivity index (χ2v) is 6.23. The molecule has 1 aromatic heterocycles. The normalized spacial score (nSPS) is 29.2. The molecule has 3 unspecified atom stereocenters. The zero-order valence-corrected chi connectivity index (χ0v) is 12.0. The van der Waals surface area contributed by atoms with Gasteiger partial charge in [0.25, 0.3) is 0 Å². The van der Waals surface area contributed by atoms with Crippen molar-refractivity contribution in [3.05, 3.63) is 24.3 Å². The molecule has 3 atom stereocenters. The van der Waals surface area contributed by atoms with Crippen LogP contribution in [-0.4, -0.2) is 23.1 Å². The van der Waals surface area contributed by atoms with E-state index in [-0.39, 0.29) is 5.41 Å². The Bertz CT molecular complexity index is 375. The van der Waals surface area contributed by atoms with E-state index in [1.54, 1.807) is 12.4 Å². The lowest BCUT2D eigenvalue weighted by Crippen LogP contribution is -2.47. The van der Waals surface area contributed by atoms with Crippen LogP contribution in [0, 0.1) is 11.8 Å². The minimum absolute atomic E-state index is 0.0854. The summed E-state index contributed by atoms with van der Waals surface area (Å²) in [7, 11) is 2.09. The Kier molecular flexibility index (Phi) is 4.00. The molecular formula is C15H25N3. The summed E-state index contributed by atoms with van der Waals surface area (Å²) in [6.45, 7) is 6.97. The fraction of sp³-hybridized carbons (Fsp3) is 0.733. The van der Waals surface area contributed by atoms with Crippen molar-refractivity contribution in [2.75, 3.05) is 7.05 Å². The molecule has 100 valence electrons. The quantitative estimate of drug-likeness (QED) is 0.892. The average Bonchev–Trinajstić information content (AvgIpc) is 2.39. The van der Waals surface area contributed by atoms with Crippen molar-refractivity contribution in [2.45, 2.75) is 51.5 Å². The van der Waals surface area contributed by atoms with Gasteiger partial charge in [-0.05, 0) is 31.7 Å². The highest BCUT2D eigenvalue weighted by Gasteiger charge is 2.40. The Morgan fingerprint density at radius 3 is 2.67 bits per heavy atom. The lowest BCUT2D eigenvalue weighted by Gasteiger charge is -2.43. The summed E-state index contributed by atoms with van der Waals surface area (Å²) in [5, 5.41) is 3.51. The van der Waals surface area contributed by atoms with Gasteiger partial charge in [0.1, 0.15) is 0 Å². The molecule has 1 aliphatic carbocycles. The fourth-order valence-electron chi connectivity index (χ4n) is 3.39. The molecule has 0 bridgehead atoms. The molecule has 1 heterocycles. The van der Waals surface area contributed by atoms with Crippen LogP contribution in [0.3, 0.4) is 0 Å². The topological polar surface area (TPSA) is 37.8 Å². The van der Waals surface area contributed by atoms with Gasteiger partial charge in [-0.3, -0.25) is 9.97 Å². The van der Waals surface area contributed by atoms with Crippen LogP contribution in [0.4, 0.5) is 0 Å². The summed E-state index contributed by atoms with van der Waals surface area (Å²) in [5.41, 5.74) is 1.20. The van der Waals surface area contributed by atoms with Crippen LogP contribution >= 0.6 is 0 Å². The van der Waals surface area contributed by atoms with Gasteiger partial charge in [-0.1, -0.05) is 27.2 Å². The van der Waals surface area contributed by atoms with E-state index in [1.165, 1.54) is 19.3 Å². The van der Waals surface area contributed by atoms with Gasteiger partial charge in [-0.2, -0.15) is 0 Å². The van der Waals surface area contributed by atoms with Gasteiger partial charge in [-0.15, -0.1) is 0 Å². The maximum absolute atomic E-state index is 4.52. The second kappa shape index (κ2) is 5.35. The minimum atomic E-state index is 0.0854. The summed E-state index contributed by atoms with van der Waals surface area (Å²) >= 11 is 0. The Labute approximate surface area is 110 Å². The molecule has 0 saturated heterocycles. The highest BCUT2D eigenvalue weighted by Crippen LogP contribution is 2.41. The van der Waals surface area contributed by atoms with E-state index in [9.17, 15) is 0 Å². The lowest BCUT2D eigenvalue weighted by molar-refractivity contribution is 0.148. The molecular weight excluding hydrogens is 222 g/mol. The van der Waals surface area contributed by atoms with Crippen LogP contribution in [0.25, 0.3) is 0 Å². The van der Waals surface area contributed by atoms with Gasteiger partial charge < -0.3 is 5.32 Å². The summed E-state index contributed by atoms with van der Waals surface area (Å²) in [6.07, 6.45) is 9.34. The van der Waals surface area contributed by atoms with Crippen molar-refractivity contribution < 1.29 is 0 Å².